The second kappa shape index (κ2) is 10.3. The van der Waals surface area contributed by atoms with Crippen LogP contribution in [-0.4, -0.2) is 33.2 Å². The number of pyridine rings is 1. The van der Waals surface area contributed by atoms with E-state index in [-0.39, 0.29) is 5.91 Å². The van der Waals surface area contributed by atoms with Crippen LogP contribution in [0.4, 0.5) is 11.4 Å². The van der Waals surface area contributed by atoms with Crippen molar-refractivity contribution in [1.29, 1.82) is 0 Å². The minimum absolute atomic E-state index is 0.0423. The third kappa shape index (κ3) is 3.86. The second-order valence-corrected chi connectivity index (χ2v) is 9.50. The number of nitrogens with one attached hydrogen (secondary N) is 1. The van der Waals surface area contributed by atoms with Crippen molar-refractivity contribution < 1.29 is 18.8 Å². The topological polar surface area (TPSA) is 54.7 Å². The first-order valence-corrected chi connectivity index (χ1v) is 13.3. The molecule has 0 saturated heterocycles. The zero-order valence-corrected chi connectivity index (χ0v) is 22.5. The van der Waals surface area contributed by atoms with Gasteiger partial charge in [-0.2, -0.15) is 4.57 Å². The van der Waals surface area contributed by atoms with E-state index in [0.717, 1.165) is 88.2 Å². The van der Waals surface area contributed by atoms with Crippen molar-refractivity contribution in [2.45, 2.75) is 46.6 Å². The Morgan fingerprint density at radius 3 is 2.30 bits per heavy atom. The van der Waals surface area contributed by atoms with Gasteiger partial charge in [-0.15, -0.1) is 0 Å². The molecular weight excluding hydrogens is 462 g/mol. The molecule has 4 aromatic rings. The number of hydrogen-bond acceptors (Lipinski definition) is 4. The number of ether oxygens (including phenoxy) is 2. The van der Waals surface area contributed by atoms with Crippen LogP contribution in [0, 0.1) is 0 Å². The van der Waals surface area contributed by atoms with E-state index in [4.69, 9.17) is 9.47 Å². The molecule has 3 aromatic carbocycles. The third-order valence-corrected chi connectivity index (χ3v) is 7.17. The number of amides is 1. The van der Waals surface area contributed by atoms with Gasteiger partial charge in [0.05, 0.1) is 36.4 Å². The van der Waals surface area contributed by atoms with Crippen LogP contribution < -0.4 is 24.3 Å². The maximum Gasteiger partial charge on any atom is 0.258 e. The highest BCUT2D eigenvalue weighted by Gasteiger charge is 2.36. The first-order valence-electron chi connectivity index (χ1n) is 13.3. The largest absolute Gasteiger partial charge is 0.496 e. The molecule has 0 saturated carbocycles. The minimum Gasteiger partial charge on any atom is -0.496 e. The third-order valence-electron chi connectivity index (χ3n) is 7.17. The van der Waals surface area contributed by atoms with E-state index in [2.05, 4.69) is 59.8 Å². The van der Waals surface area contributed by atoms with Gasteiger partial charge in [0.2, 0.25) is 11.0 Å². The normalized spacial score (nSPS) is 12.1. The maximum atomic E-state index is 13.6. The number of hydrogen-bond donors (Lipinski definition) is 1. The van der Waals surface area contributed by atoms with Gasteiger partial charge < -0.3 is 19.7 Å². The number of aromatic nitrogens is 1. The smallest absolute Gasteiger partial charge is 0.258 e. The summed E-state index contributed by atoms with van der Waals surface area (Å²) in [5.41, 5.74) is 7.03. The van der Waals surface area contributed by atoms with Crippen molar-refractivity contribution in [2.24, 2.45) is 0 Å². The Morgan fingerprint density at radius 2 is 1.59 bits per heavy atom. The summed E-state index contributed by atoms with van der Waals surface area (Å²) in [7, 11) is 3.45. The summed E-state index contributed by atoms with van der Waals surface area (Å²) in [5, 5.41) is 5.23. The summed E-state index contributed by atoms with van der Waals surface area (Å²) in [6, 6.07) is 16.5. The maximum absolute atomic E-state index is 13.6. The van der Waals surface area contributed by atoms with Crippen LogP contribution in [0.1, 0.15) is 50.4 Å². The first-order chi connectivity index (χ1) is 18.1. The molecule has 0 atom stereocenters. The Bertz CT molecular complexity index is 1500. The van der Waals surface area contributed by atoms with Gasteiger partial charge in [-0.1, -0.05) is 32.9 Å². The Balaban J connectivity index is 2.06. The van der Waals surface area contributed by atoms with Gasteiger partial charge in [-0.25, -0.2) is 0 Å². The van der Waals surface area contributed by atoms with E-state index in [0.29, 0.717) is 12.1 Å². The average Bonchev–Trinajstić information content (AvgIpc) is 2.93. The predicted octanol–water partition coefficient (Wildman–Crippen LogP) is 6.38. The number of benzene rings is 3. The van der Waals surface area contributed by atoms with E-state index < -0.39 is 0 Å². The van der Waals surface area contributed by atoms with Crippen molar-refractivity contribution in [2.75, 3.05) is 32.2 Å². The summed E-state index contributed by atoms with van der Waals surface area (Å²) >= 11 is 0. The van der Waals surface area contributed by atoms with E-state index >= 15 is 0 Å². The summed E-state index contributed by atoms with van der Waals surface area (Å²) in [5.74, 6) is 1.58. The van der Waals surface area contributed by atoms with Gasteiger partial charge in [0.25, 0.3) is 5.91 Å². The molecule has 5 rings (SSSR count). The predicted molar refractivity (Wildman–Crippen MR) is 150 cm³/mol. The second-order valence-electron chi connectivity index (χ2n) is 9.50. The average molecular weight is 499 g/mol. The standard InChI is InChI=1S/C31H35N3O3/c1-6-17-32-31(35)20-15-16-23-28-29(26-21(33(23)18-7-2)11-9-13-24(26)36-4)27-22(12-10-14-25(27)37-5)34(19-8-3)30(20)28/h9-16H,6-8,17-19H2,1-5H3/p+1. The molecule has 1 aromatic heterocycles. The lowest BCUT2D eigenvalue weighted by atomic mass is 9.87. The molecule has 0 unspecified atom stereocenters. The fourth-order valence-corrected chi connectivity index (χ4v) is 5.73. The summed E-state index contributed by atoms with van der Waals surface area (Å²) in [4.78, 5) is 15.9. The monoisotopic (exact) mass is 498 g/mol. The van der Waals surface area contributed by atoms with Gasteiger partial charge in [-0.3, -0.25) is 4.79 Å². The number of fused-ring (bicyclic) bond motifs is 4. The summed E-state index contributed by atoms with van der Waals surface area (Å²) < 4.78 is 14.2. The Labute approximate surface area is 218 Å². The Morgan fingerprint density at radius 1 is 0.838 bits per heavy atom. The van der Waals surface area contributed by atoms with Gasteiger partial charge in [0.1, 0.15) is 23.6 Å². The number of methoxy groups -OCH3 is 2. The number of nitrogens with zero attached hydrogens (tertiary/aromatic N) is 2. The molecular formula is C31H36N3O3+. The number of aryl methyl sites for hydroxylation is 1. The van der Waals surface area contributed by atoms with Crippen LogP contribution in [0.5, 0.6) is 11.5 Å². The van der Waals surface area contributed by atoms with Crippen molar-refractivity contribution >= 4 is 39.1 Å². The van der Waals surface area contributed by atoms with Crippen molar-refractivity contribution in [3.05, 3.63) is 54.1 Å². The van der Waals surface area contributed by atoms with Crippen LogP contribution in [-0.2, 0) is 6.54 Å². The lowest BCUT2D eigenvalue weighted by molar-refractivity contribution is -0.645. The number of carbonyl (C=O) groups excluding carboxylic acids is 1. The highest BCUT2D eigenvalue weighted by molar-refractivity contribution is 6.23. The zero-order chi connectivity index (χ0) is 26.1. The van der Waals surface area contributed by atoms with Crippen molar-refractivity contribution in [1.82, 2.24) is 5.32 Å². The first kappa shape index (κ1) is 24.9. The molecule has 0 fully saturated rings. The molecule has 1 aliphatic rings. The van der Waals surface area contributed by atoms with Crippen LogP contribution in [0.25, 0.3) is 32.9 Å². The molecule has 2 heterocycles. The number of carbonyl (C=O) groups is 1. The number of rotatable bonds is 9. The van der Waals surface area contributed by atoms with Crippen LogP contribution in [0.15, 0.2) is 48.5 Å². The molecule has 6 nitrogen and oxygen atoms in total. The van der Waals surface area contributed by atoms with Gasteiger partial charge in [0.15, 0.2) is 0 Å². The zero-order valence-electron chi connectivity index (χ0n) is 22.5. The lowest BCUT2D eigenvalue weighted by Crippen LogP contribution is -2.39. The lowest BCUT2D eigenvalue weighted by Gasteiger charge is -2.34. The molecule has 0 spiro atoms. The molecule has 6 heteroatoms. The summed E-state index contributed by atoms with van der Waals surface area (Å²) in [6.45, 7) is 8.72. The molecule has 0 bridgehead atoms. The fourth-order valence-electron chi connectivity index (χ4n) is 5.73. The van der Waals surface area contributed by atoms with E-state index in [1.807, 2.05) is 24.3 Å². The SMILES string of the molecule is CCCNC(=O)c1ccc2c3c(c4c(OC)cccc4[n+](CCC)c13)-c1c(OC)cccc1N2CCC. The minimum atomic E-state index is -0.0423. The van der Waals surface area contributed by atoms with Crippen molar-refractivity contribution in [3.8, 4) is 22.6 Å². The van der Waals surface area contributed by atoms with E-state index in [9.17, 15) is 4.79 Å². The molecule has 0 aliphatic carbocycles. The van der Waals surface area contributed by atoms with Crippen LogP contribution >= 0.6 is 0 Å². The van der Waals surface area contributed by atoms with Crippen LogP contribution in [0.3, 0.4) is 0 Å². The van der Waals surface area contributed by atoms with E-state index in [1.54, 1.807) is 14.2 Å². The summed E-state index contributed by atoms with van der Waals surface area (Å²) in [6.07, 6.45) is 2.80. The fraction of sp³-hybridized carbons (Fsp3) is 0.355. The van der Waals surface area contributed by atoms with Crippen molar-refractivity contribution in [3.63, 3.8) is 0 Å². The quantitative estimate of drug-likeness (QED) is 0.215. The highest BCUT2D eigenvalue weighted by atomic mass is 16.5. The van der Waals surface area contributed by atoms with Gasteiger partial charge in [-0.05, 0) is 43.2 Å². The molecule has 1 N–H and O–H groups in total. The molecule has 1 aliphatic heterocycles. The Kier molecular flexibility index (Phi) is 6.92. The molecule has 192 valence electrons. The van der Waals surface area contributed by atoms with Gasteiger partial charge >= 0.3 is 0 Å². The highest BCUT2D eigenvalue weighted by Crippen LogP contribution is 2.54. The van der Waals surface area contributed by atoms with Gasteiger partial charge in [0, 0.05) is 36.7 Å². The molecule has 0 radical (unpaired) electrons. The molecule has 37 heavy (non-hydrogen) atoms. The Hall–Kier alpha value is -3.80. The van der Waals surface area contributed by atoms with Crippen LogP contribution in [0.2, 0.25) is 0 Å². The molecule has 1 amide bonds. The number of anilines is 2. The van der Waals surface area contributed by atoms with E-state index in [1.165, 1.54) is 0 Å².